The number of hydrogen-bond donors (Lipinski definition) is 1. The Morgan fingerprint density at radius 3 is 2.57 bits per heavy atom. The molecule has 0 fully saturated rings. The molecule has 1 aromatic carbocycles. The molecule has 1 amide bonds. The summed E-state index contributed by atoms with van der Waals surface area (Å²) in [5.74, 6) is 0.0649. The van der Waals surface area contributed by atoms with E-state index in [0.717, 1.165) is 37.2 Å². The Hall–Kier alpha value is -1.77. The Kier molecular flexibility index (Phi) is 6.26. The van der Waals surface area contributed by atoms with E-state index in [1.165, 1.54) is 35.7 Å². The van der Waals surface area contributed by atoms with E-state index in [9.17, 15) is 4.79 Å². The first-order chi connectivity index (χ1) is 11.1. The van der Waals surface area contributed by atoms with Gasteiger partial charge in [0.25, 0.3) is 5.91 Å². The van der Waals surface area contributed by atoms with Crippen molar-refractivity contribution in [3.8, 4) is 0 Å². The molecule has 0 unspecified atom stereocenters. The number of aryl methyl sites for hydroxylation is 3. The number of aromatic nitrogens is 1. The van der Waals surface area contributed by atoms with E-state index in [1.54, 1.807) is 0 Å². The first-order valence-corrected chi connectivity index (χ1v) is 9.03. The van der Waals surface area contributed by atoms with Crippen molar-refractivity contribution in [1.82, 2.24) is 9.88 Å². The molecule has 3 nitrogen and oxygen atoms in total. The van der Waals surface area contributed by atoms with Crippen LogP contribution in [0.1, 0.15) is 68.1 Å². The number of amides is 1. The maximum absolute atomic E-state index is 12.7. The van der Waals surface area contributed by atoms with Crippen LogP contribution in [0.4, 0.5) is 0 Å². The predicted octanol–water partition coefficient (Wildman–Crippen LogP) is 4.84. The number of fused-ring (bicyclic) bond motifs is 1. The third-order valence-corrected chi connectivity index (χ3v) is 4.64. The van der Waals surface area contributed by atoms with Gasteiger partial charge in [0.15, 0.2) is 0 Å². The minimum absolute atomic E-state index is 0.0649. The molecule has 0 aliphatic carbocycles. The van der Waals surface area contributed by atoms with Crippen molar-refractivity contribution in [2.75, 3.05) is 6.54 Å². The lowest BCUT2D eigenvalue weighted by atomic mass is 10.1. The third kappa shape index (κ3) is 3.77. The zero-order valence-corrected chi connectivity index (χ0v) is 15.0. The van der Waals surface area contributed by atoms with Crippen molar-refractivity contribution in [3.05, 3.63) is 35.0 Å². The van der Waals surface area contributed by atoms with Gasteiger partial charge in [0.2, 0.25) is 0 Å². The molecule has 2 rings (SSSR count). The fourth-order valence-corrected chi connectivity index (χ4v) is 3.25. The zero-order valence-electron chi connectivity index (χ0n) is 15.0. The van der Waals surface area contributed by atoms with Crippen LogP contribution in [0, 0.1) is 6.92 Å². The summed E-state index contributed by atoms with van der Waals surface area (Å²) in [5, 5.41) is 4.31. The van der Waals surface area contributed by atoms with Crippen LogP contribution in [-0.4, -0.2) is 17.0 Å². The Morgan fingerprint density at radius 2 is 1.91 bits per heavy atom. The van der Waals surface area contributed by atoms with E-state index < -0.39 is 0 Å². The van der Waals surface area contributed by atoms with Crippen LogP contribution in [0.25, 0.3) is 10.9 Å². The van der Waals surface area contributed by atoms with Gasteiger partial charge < -0.3 is 9.88 Å². The topological polar surface area (TPSA) is 34.0 Å². The lowest BCUT2D eigenvalue weighted by molar-refractivity contribution is 0.0943. The highest BCUT2D eigenvalue weighted by atomic mass is 16.1. The van der Waals surface area contributed by atoms with E-state index in [0.29, 0.717) is 0 Å². The van der Waals surface area contributed by atoms with E-state index in [-0.39, 0.29) is 5.91 Å². The minimum Gasteiger partial charge on any atom is -0.351 e. The molecule has 1 heterocycles. The van der Waals surface area contributed by atoms with Crippen LogP contribution in [0.3, 0.4) is 0 Å². The van der Waals surface area contributed by atoms with Gasteiger partial charge in [-0.1, -0.05) is 39.2 Å². The standard InChI is InChI=1S/C20H30N2O/c1-5-8-9-10-13-21-20(23)19-15(4)17-14-16(6-2)11-12-18(17)22(19)7-3/h11-12,14H,5-10,13H2,1-4H3,(H,21,23). The van der Waals surface area contributed by atoms with Crippen molar-refractivity contribution < 1.29 is 4.79 Å². The van der Waals surface area contributed by atoms with Gasteiger partial charge in [0.1, 0.15) is 5.69 Å². The highest BCUT2D eigenvalue weighted by Crippen LogP contribution is 2.27. The van der Waals surface area contributed by atoms with E-state index in [2.05, 4.69) is 55.8 Å². The number of rotatable bonds is 8. The Labute approximate surface area is 140 Å². The second-order valence-electron chi connectivity index (χ2n) is 6.24. The summed E-state index contributed by atoms with van der Waals surface area (Å²) in [6.07, 6.45) is 5.73. The Morgan fingerprint density at radius 1 is 1.13 bits per heavy atom. The van der Waals surface area contributed by atoms with Crippen LogP contribution >= 0.6 is 0 Å². The molecular weight excluding hydrogens is 284 g/mol. The SMILES string of the molecule is CCCCCCNC(=O)c1c(C)c2cc(CC)ccc2n1CC. The molecule has 2 aromatic rings. The predicted molar refractivity (Wildman–Crippen MR) is 98.2 cm³/mol. The molecule has 0 spiro atoms. The second-order valence-corrected chi connectivity index (χ2v) is 6.24. The van der Waals surface area contributed by atoms with Crippen LogP contribution < -0.4 is 5.32 Å². The van der Waals surface area contributed by atoms with Crippen LogP contribution in [-0.2, 0) is 13.0 Å². The minimum atomic E-state index is 0.0649. The molecule has 0 aliphatic rings. The van der Waals surface area contributed by atoms with E-state index >= 15 is 0 Å². The fourth-order valence-electron chi connectivity index (χ4n) is 3.25. The van der Waals surface area contributed by atoms with Crippen molar-refractivity contribution in [1.29, 1.82) is 0 Å². The average molecular weight is 314 g/mol. The molecule has 0 radical (unpaired) electrons. The molecule has 0 saturated carbocycles. The molecule has 0 atom stereocenters. The fraction of sp³-hybridized carbons (Fsp3) is 0.550. The summed E-state index contributed by atoms with van der Waals surface area (Å²) in [5.41, 5.74) is 4.41. The first kappa shape index (κ1) is 17.6. The smallest absolute Gasteiger partial charge is 0.268 e. The average Bonchev–Trinajstić information content (AvgIpc) is 2.86. The number of nitrogens with zero attached hydrogens (tertiary/aromatic N) is 1. The van der Waals surface area contributed by atoms with Gasteiger partial charge in [-0.05, 0) is 49.9 Å². The van der Waals surface area contributed by atoms with Gasteiger partial charge >= 0.3 is 0 Å². The maximum Gasteiger partial charge on any atom is 0.268 e. The van der Waals surface area contributed by atoms with Gasteiger partial charge in [-0.15, -0.1) is 0 Å². The highest BCUT2D eigenvalue weighted by molar-refractivity contribution is 6.01. The maximum atomic E-state index is 12.7. The molecule has 0 bridgehead atoms. The normalized spacial score (nSPS) is 11.1. The number of benzene rings is 1. The number of nitrogens with one attached hydrogen (secondary N) is 1. The molecule has 0 aliphatic heterocycles. The number of carbonyl (C=O) groups is 1. The molecule has 1 aromatic heterocycles. The number of unbranched alkanes of at least 4 members (excludes halogenated alkanes) is 3. The molecule has 126 valence electrons. The third-order valence-electron chi connectivity index (χ3n) is 4.64. The van der Waals surface area contributed by atoms with Gasteiger partial charge in [0, 0.05) is 24.0 Å². The molecule has 0 saturated heterocycles. The zero-order chi connectivity index (χ0) is 16.8. The summed E-state index contributed by atoms with van der Waals surface area (Å²) < 4.78 is 2.14. The number of hydrogen-bond acceptors (Lipinski definition) is 1. The van der Waals surface area contributed by atoms with Crippen molar-refractivity contribution in [2.24, 2.45) is 0 Å². The Balaban J connectivity index is 2.25. The molecular formula is C20H30N2O. The molecule has 23 heavy (non-hydrogen) atoms. The summed E-state index contributed by atoms with van der Waals surface area (Å²) in [4.78, 5) is 12.7. The largest absolute Gasteiger partial charge is 0.351 e. The van der Waals surface area contributed by atoms with Crippen molar-refractivity contribution in [3.63, 3.8) is 0 Å². The quantitative estimate of drug-likeness (QED) is 0.695. The summed E-state index contributed by atoms with van der Waals surface area (Å²) >= 11 is 0. The first-order valence-electron chi connectivity index (χ1n) is 9.03. The summed E-state index contributed by atoms with van der Waals surface area (Å²) in [6, 6.07) is 6.55. The summed E-state index contributed by atoms with van der Waals surface area (Å²) in [7, 11) is 0. The van der Waals surface area contributed by atoms with Gasteiger partial charge in [-0.3, -0.25) is 4.79 Å². The van der Waals surface area contributed by atoms with E-state index in [4.69, 9.17) is 0 Å². The monoisotopic (exact) mass is 314 g/mol. The van der Waals surface area contributed by atoms with Gasteiger partial charge in [0.05, 0.1) is 0 Å². The number of carbonyl (C=O) groups excluding carboxylic acids is 1. The van der Waals surface area contributed by atoms with Crippen LogP contribution in [0.15, 0.2) is 18.2 Å². The van der Waals surface area contributed by atoms with Crippen molar-refractivity contribution in [2.45, 2.75) is 66.3 Å². The van der Waals surface area contributed by atoms with Gasteiger partial charge in [-0.2, -0.15) is 0 Å². The molecule has 3 heteroatoms. The van der Waals surface area contributed by atoms with Crippen molar-refractivity contribution >= 4 is 16.8 Å². The molecule has 1 N–H and O–H groups in total. The highest BCUT2D eigenvalue weighted by Gasteiger charge is 2.19. The lowest BCUT2D eigenvalue weighted by Gasteiger charge is -2.10. The van der Waals surface area contributed by atoms with Crippen LogP contribution in [0.5, 0.6) is 0 Å². The second kappa shape index (κ2) is 8.19. The Bertz CT molecular complexity index is 670. The van der Waals surface area contributed by atoms with Crippen LogP contribution in [0.2, 0.25) is 0 Å². The van der Waals surface area contributed by atoms with Gasteiger partial charge in [-0.25, -0.2) is 0 Å². The lowest BCUT2D eigenvalue weighted by Crippen LogP contribution is -2.27. The van der Waals surface area contributed by atoms with E-state index in [1.807, 2.05) is 0 Å². The summed E-state index contributed by atoms with van der Waals surface area (Å²) in [6.45, 7) is 10.1.